The number of hydrogen-bond acceptors (Lipinski definition) is 3. The van der Waals surface area contributed by atoms with E-state index in [1.165, 1.54) is 4.57 Å². The van der Waals surface area contributed by atoms with Crippen molar-refractivity contribution in [3.05, 3.63) is 105 Å². The Morgan fingerprint density at radius 2 is 1.82 bits per heavy atom. The Bertz CT molecular complexity index is 1220. The quantitative estimate of drug-likeness (QED) is 0.631. The summed E-state index contributed by atoms with van der Waals surface area (Å²) in [4.78, 5) is 40.7. The molecule has 2 amide bonds. The highest BCUT2D eigenvalue weighted by molar-refractivity contribution is 5.94. The lowest BCUT2D eigenvalue weighted by Crippen LogP contribution is -2.38. The third kappa shape index (κ3) is 5.06. The van der Waals surface area contributed by atoms with Gasteiger partial charge in [-0.3, -0.25) is 14.4 Å². The molecule has 6 nitrogen and oxygen atoms in total. The van der Waals surface area contributed by atoms with Crippen LogP contribution in [0.3, 0.4) is 0 Å². The minimum absolute atomic E-state index is 0.0420. The Hall–Kier alpha value is -3.67. The summed E-state index contributed by atoms with van der Waals surface area (Å²) in [6, 6.07) is 19.0. The summed E-state index contributed by atoms with van der Waals surface area (Å²) in [5.41, 5.74) is 4.07. The van der Waals surface area contributed by atoms with Crippen LogP contribution in [0, 0.1) is 13.8 Å². The van der Waals surface area contributed by atoms with Crippen molar-refractivity contribution in [3.8, 4) is 0 Å². The van der Waals surface area contributed by atoms with Crippen molar-refractivity contribution in [2.45, 2.75) is 45.8 Å². The molecule has 1 N–H and O–H groups in total. The lowest BCUT2D eigenvalue weighted by molar-refractivity contribution is -0.121. The number of benzene rings is 2. The molecule has 1 aliphatic rings. The molecular formula is C27H29N3O3. The fourth-order valence-electron chi connectivity index (χ4n) is 4.44. The molecule has 0 radical (unpaired) electrons. The molecule has 0 aliphatic carbocycles. The van der Waals surface area contributed by atoms with Crippen molar-refractivity contribution in [3.63, 3.8) is 0 Å². The Labute approximate surface area is 193 Å². The molecule has 1 fully saturated rings. The molecule has 1 aliphatic heterocycles. The number of carbonyl (C=O) groups is 2. The highest BCUT2D eigenvalue weighted by Crippen LogP contribution is 2.35. The van der Waals surface area contributed by atoms with Gasteiger partial charge in [0.15, 0.2) is 0 Å². The van der Waals surface area contributed by atoms with Gasteiger partial charge >= 0.3 is 0 Å². The zero-order valence-electron chi connectivity index (χ0n) is 19.1. The number of hydrogen-bond donors (Lipinski definition) is 1. The molecule has 1 atom stereocenters. The number of pyridine rings is 1. The van der Waals surface area contributed by atoms with Gasteiger partial charge < -0.3 is 14.8 Å². The molecule has 0 bridgehead atoms. The van der Waals surface area contributed by atoms with Gasteiger partial charge in [0.25, 0.3) is 11.5 Å². The maximum Gasteiger partial charge on any atom is 0.263 e. The summed E-state index contributed by atoms with van der Waals surface area (Å²) < 4.78 is 1.30. The molecule has 4 rings (SSSR count). The second-order valence-corrected chi connectivity index (χ2v) is 8.63. The van der Waals surface area contributed by atoms with Gasteiger partial charge in [-0.15, -0.1) is 0 Å². The number of rotatable bonds is 6. The van der Waals surface area contributed by atoms with Gasteiger partial charge in [0.2, 0.25) is 5.91 Å². The van der Waals surface area contributed by atoms with Gasteiger partial charge in [0.1, 0.15) is 12.1 Å². The third-order valence-electron chi connectivity index (χ3n) is 6.20. The van der Waals surface area contributed by atoms with E-state index in [1.54, 1.807) is 23.2 Å². The summed E-state index contributed by atoms with van der Waals surface area (Å²) in [7, 11) is 0. The molecule has 6 heteroatoms. The van der Waals surface area contributed by atoms with Crippen LogP contribution in [0.25, 0.3) is 0 Å². The van der Waals surface area contributed by atoms with Crippen LogP contribution in [-0.2, 0) is 17.9 Å². The zero-order valence-corrected chi connectivity index (χ0v) is 19.1. The van der Waals surface area contributed by atoms with Crippen LogP contribution in [0.15, 0.2) is 71.7 Å². The van der Waals surface area contributed by atoms with Crippen LogP contribution >= 0.6 is 0 Å². The fraction of sp³-hybridized carbons (Fsp3) is 0.296. The first-order valence-electron chi connectivity index (χ1n) is 11.3. The van der Waals surface area contributed by atoms with Crippen molar-refractivity contribution >= 4 is 11.8 Å². The SMILES string of the molecule is Cc1ccc(C)c(C2CCCN2C(=O)c2cccn(CC(=O)NCc3ccccc3)c2=O)c1. The second-order valence-electron chi connectivity index (χ2n) is 8.63. The van der Waals surface area contributed by atoms with E-state index >= 15 is 0 Å². The minimum atomic E-state index is -0.441. The van der Waals surface area contributed by atoms with E-state index in [9.17, 15) is 14.4 Å². The summed E-state index contributed by atoms with van der Waals surface area (Å²) in [6.07, 6.45) is 3.32. The van der Waals surface area contributed by atoms with Gasteiger partial charge in [0.05, 0.1) is 6.04 Å². The largest absolute Gasteiger partial charge is 0.350 e. The van der Waals surface area contributed by atoms with Crippen molar-refractivity contribution in [1.82, 2.24) is 14.8 Å². The summed E-state index contributed by atoms with van der Waals surface area (Å²) in [5, 5.41) is 2.82. The van der Waals surface area contributed by atoms with Crippen molar-refractivity contribution in [2.75, 3.05) is 6.54 Å². The average Bonchev–Trinajstić information content (AvgIpc) is 3.31. The van der Waals surface area contributed by atoms with Gasteiger partial charge in [-0.05, 0) is 55.5 Å². The second kappa shape index (κ2) is 9.86. The summed E-state index contributed by atoms with van der Waals surface area (Å²) >= 11 is 0. The topological polar surface area (TPSA) is 71.4 Å². The Kier molecular flexibility index (Phi) is 6.73. The maximum absolute atomic E-state index is 13.4. The lowest BCUT2D eigenvalue weighted by Gasteiger charge is -2.26. The minimum Gasteiger partial charge on any atom is -0.350 e. The van der Waals surface area contributed by atoms with Crippen LogP contribution in [0.1, 0.15) is 51.5 Å². The molecule has 2 heterocycles. The predicted molar refractivity (Wildman–Crippen MR) is 128 cm³/mol. The smallest absolute Gasteiger partial charge is 0.263 e. The molecule has 1 saturated heterocycles. The number of nitrogens with zero attached hydrogens (tertiary/aromatic N) is 2. The first-order chi connectivity index (χ1) is 15.9. The van der Waals surface area contributed by atoms with Crippen LogP contribution in [0.4, 0.5) is 0 Å². The number of likely N-dealkylation sites (tertiary alicyclic amines) is 1. The van der Waals surface area contributed by atoms with E-state index in [0.29, 0.717) is 13.1 Å². The van der Waals surface area contributed by atoms with E-state index in [1.807, 2.05) is 37.3 Å². The fourth-order valence-corrected chi connectivity index (χ4v) is 4.44. The molecule has 1 aromatic heterocycles. The standard InChI is InChI=1S/C27H29N3O3/c1-19-12-13-20(2)23(16-19)24-11-7-15-30(24)27(33)22-10-6-14-29(26(22)32)18-25(31)28-17-21-8-4-3-5-9-21/h3-6,8-10,12-14,16,24H,7,11,15,17-18H2,1-2H3,(H,28,31). The van der Waals surface area contributed by atoms with Crippen molar-refractivity contribution in [2.24, 2.45) is 0 Å². The average molecular weight is 444 g/mol. The predicted octanol–water partition coefficient (Wildman–Crippen LogP) is 3.76. The van der Waals surface area contributed by atoms with Crippen LogP contribution in [-0.4, -0.2) is 27.8 Å². The van der Waals surface area contributed by atoms with Crippen molar-refractivity contribution < 1.29 is 9.59 Å². The maximum atomic E-state index is 13.4. The third-order valence-corrected chi connectivity index (χ3v) is 6.20. The number of amides is 2. The van der Waals surface area contributed by atoms with Crippen LogP contribution < -0.4 is 10.9 Å². The molecule has 3 aromatic rings. The van der Waals surface area contributed by atoms with E-state index in [4.69, 9.17) is 0 Å². The van der Waals surface area contributed by atoms with Gasteiger partial charge in [0, 0.05) is 19.3 Å². The first-order valence-corrected chi connectivity index (χ1v) is 11.3. The Balaban J connectivity index is 1.50. The molecule has 170 valence electrons. The van der Waals surface area contributed by atoms with Crippen molar-refractivity contribution in [1.29, 1.82) is 0 Å². The van der Waals surface area contributed by atoms with E-state index in [-0.39, 0.29) is 30.0 Å². The van der Waals surface area contributed by atoms with E-state index < -0.39 is 5.56 Å². The normalized spacial score (nSPS) is 15.5. The molecule has 0 saturated carbocycles. The number of carbonyl (C=O) groups excluding carboxylic acids is 2. The lowest BCUT2D eigenvalue weighted by atomic mass is 9.97. The number of nitrogens with one attached hydrogen (secondary N) is 1. The van der Waals surface area contributed by atoms with Crippen LogP contribution in [0.5, 0.6) is 0 Å². The van der Waals surface area contributed by atoms with Gasteiger partial charge in [-0.1, -0.05) is 54.1 Å². The Morgan fingerprint density at radius 1 is 1.03 bits per heavy atom. The highest BCUT2D eigenvalue weighted by atomic mass is 16.2. The molecule has 1 unspecified atom stereocenters. The zero-order chi connectivity index (χ0) is 23.4. The summed E-state index contributed by atoms with van der Waals surface area (Å²) in [5.74, 6) is -0.553. The molecule has 0 spiro atoms. The van der Waals surface area contributed by atoms with Gasteiger partial charge in [-0.2, -0.15) is 0 Å². The Morgan fingerprint density at radius 3 is 2.61 bits per heavy atom. The van der Waals surface area contributed by atoms with E-state index in [2.05, 4.69) is 30.4 Å². The van der Waals surface area contributed by atoms with E-state index in [0.717, 1.165) is 35.1 Å². The summed E-state index contributed by atoms with van der Waals surface area (Å²) in [6.45, 7) is 4.97. The number of aryl methyl sites for hydroxylation is 2. The molecule has 2 aromatic carbocycles. The highest BCUT2D eigenvalue weighted by Gasteiger charge is 2.32. The monoisotopic (exact) mass is 443 g/mol. The molecular weight excluding hydrogens is 414 g/mol. The van der Waals surface area contributed by atoms with Crippen LogP contribution in [0.2, 0.25) is 0 Å². The first kappa shape index (κ1) is 22.5. The number of aromatic nitrogens is 1. The van der Waals surface area contributed by atoms with Gasteiger partial charge in [-0.25, -0.2) is 0 Å². The molecule has 33 heavy (non-hydrogen) atoms.